The number of aromatic nitrogens is 3. The van der Waals surface area contributed by atoms with Gasteiger partial charge in [-0.05, 0) is 43.0 Å². The van der Waals surface area contributed by atoms with Gasteiger partial charge in [0, 0.05) is 62.1 Å². The van der Waals surface area contributed by atoms with Crippen LogP contribution < -0.4 is 10.6 Å². The predicted molar refractivity (Wildman–Crippen MR) is 153 cm³/mol. The third-order valence-corrected chi connectivity index (χ3v) is 8.77. The van der Waals surface area contributed by atoms with Crippen LogP contribution in [-0.2, 0) is 24.4 Å². The molecule has 228 valence electrons. The molecule has 1 aliphatic rings. The molecule has 0 spiro atoms. The minimum atomic E-state index is -4.71. The molecule has 7 nitrogen and oxygen atoms in total. The molecule has 1 aromatic carbocycles. The van der Waals surface area contributed by atoms with Crippen LogP contribution in [0.1, 0.15) is 54.6 Å². The van der Waals surface area contributed by atoms with Gasteiger partial charge in [-0.2, -0.15) is 18.3 Å². The third-order valence-electron chi connectivity index (χ3n) is 7.06. The Morgan fingerprint density at radius 1 is 1.24 bits per heavy atom. The molecule has 42 heavy (non-hydrogen) atoms. The number of anilines is 1. The van der Waals surface area contributed by atoms with Crippen LogP contribution in [0, 0.1) is 11.6 Å². The number of nitrogens with zero attached hydrogens (tertiary/aromatic N) is 4. The van der Waals surface area contributed by atoms with Gasteiger partial charge < -0.3 is 10.6 Å². The quantitative estimate of drug-likeness (QED) is 0.194. The van der Waals surface area contributed by atoms with Crippen molar-refractivity contribution in [3.63, 3.8) is 0 Å². The zero-order chi connectivity index (χ0) is 30.4. The van der Waals surface area contributed by atoms with Gasteiger partial charge in [0.05, 0.1) is 23.1 Å². The smallest absolute Gasteiger partial charge is 0.324 e. The van der Waals surface area contributed by atoms with Gasteiger partial charge in [0.15, 0.2) is 5.69 Å². The summed E-state index contributed by atoms with van der Waals surface area (Å²) in [7, 11) is 1.32. The number of pyridine rings is 1. The van der Waals surface area contributed by atoms with Crippen LogP contribution in [0.3, 0.4) is 0 Å². The van der Waals surface area contributed by atoms with Gasteiger partial charge in [0.25, 0.3) is 0 Å². The van der Waals surface area contributed by atoms with E-state index in [1.54, 1.807) is 11.9 Å². The molecule has 1 saturated heterocycles. The molecule has 3 heterocycles. The molecule has 2 aromatic heterocycles. The van der Waals surface area contributed by atoms with E-state index in [1.807, 2.05) is 0 Å². The summed E-state index contributed by atoms with van der Waals surface area (Å²) in [5, 5.41) is 9.44. The molecule has 0 radical (unpaired) electrons. The van der Waals surface area contributed by atoms with Crippen LogP contribution in [0.2, 0.25) is 5.02 Å². The van der Waals surface area contributed by atoms with Gasteiger partial charge in [-0.3, -0.25) is 14.5 Å². The summed E-state index contributed by atoms with van der Waals surface area (Å²) in [5.74, 6) is -1.98. The van der Waals surface area contributed by atoms with Crippen molar-refractivity contribution in [2.75, 3.05) is 30.7 Å². The fourth-order valence-corrected chi connectivity index (χ4v) is 6.10. The van der Waals surface area contributed by atoms with Gasteiger partial charge in [-0.15, -0.1) is 0 Å². The lowest BCUT2D eigenvalue weighted by molar-refractivity contribution is -0.141. The SMILES string of the molecule is CCCSN1CCNCC1CCc1c(F)cncc1NC(=O)CC(c1ccc(Cl)c(F)c1)c1cc(C(F)(F)F)nn1C. The Kier molecular flexibility index (Phi) is 10.8. The van der Waals surface area contributed by atoms with Crippen molar-refractivity contribution in [2.24, 2.45) is 7.05 Å². The predicted octanol–water partition coefficient (Wildman–Crippen LogP) is 6.19. The van der Waals surface area contributed by atoms with E-state index in [4.69, 9.17) is 11.6 Å². The number of carbonyl (C=O) groups excluding carboxylic acids is 1. The standard InChI is InChI=1S/C28H32ClF5N6OS/c1-3-10-42-40-9-8-35-14-18(40)5-6-19-23(31)15-36-16-24(19)37-27(41)12-20(17-4-7-21(29)22(30)11-17)25-13-26(28(32,33)34)38-39(25)2/h4,7,11,13,15-16,18,20,35H,3,5-6,8-10,12,14H2,1-2H3,(H,37,41). The van der Waals surface area contributed by atoms with Crippen molar-refractivity contribution < 1.29 is 26.7 Å². The summed E-state index contributed by atoms with van der Waals surface area (Å²) < 4.78 is 72.9. The molecule has 2 N–H and O–H groups in total. The average Bonchev–Trinajstić information content (AvgIpc) is 3.34. The van der Waals surface area contributed by atoms with Crippen LogP contribution in [0.5, 0.6) is 0 Å². The Balaban J connectivity index is 1.56. The summed E-state index contributed by atoms with van der Waals surface area (Å²) >= 11 is 7.59. The van der Waals surface area contributed by atoms with E-state index in [0.717, 1.165) is 54.8 Å². The fraction of sp³-hybridized carbons (Fsp3) is 0.464. The van der Waals surface area contributed by atoms with Crippen LogP contribution in [0.15, 0.2) is 36.7 Å². The van der Waals surface area contributed by atoms with Crippen LogP contribution in [0.25, 0.3) is 0 Å². The number of amides is 1. The number of carbonyl (C=O) groups is 1. The number of nitrogens with one attached hydrogen (secondary N) is 2. The number of hydrogen-bond acceptors (Lipinski definition) is 6. The number of rotatable bonds is 11. The average molecular weight is 631 g/mol. The van der Waals surface area contributed by atoms with E-state index < -0.39 is 35.3 Å². The maximum Gasteiger partial charge on any atom is 0.435 e. The van der Waals surface area contributed by atoms with E-state index in [0.29, 0.717) is 18.4 Å². The monoisotopic (exact) mass is 630 g/mol. The highest BCUT2D eigenvalue weighted by Gasteiger charge is 2.36. The van der Waals surface area contributed by atoms with Crippen LogP contribution >= 0.6 is 23.5 Å². The maximum absolute atomic E-state index is 15.0. The third kappa shape index (κ3) is 8.00. The second-order valence-electron chi connectivity index (χ2n) is 10.1. The molecule has 4 rings (SSSR count). The maximum atomic E-state index is 15.0. The molecule has 3 aromatic rings. The molecule has 0 bridgehead atoms. The first kappa shape index (κ1) is 32.2. The number of aryl methyl sites for hydroxylation is 1. The van der Waals surface area contributed by atoms with Crippen molar-refractivity contribution in [3.8, 4) is 0 Å². The van der Waals surface area contributed by atoms with Gasteiger partial charge in [0.1, 0.15) is 11.6 Å². The molecule has 14 heteroatoms. The van der Waals surface area contributed by atoms with Crippen LogP contribution in [-0.4, -0.2) is 56.4 Å². The largest absolute Gasteiger partial charge is 0.435 e. The first-order valence-corrected chi connectivity index (χ1v) is 14.9. The highest BCUT2D eigenvalue weighted by molar-refractivity contribution is 7.97. The fourth-order valence-electron chi connectivity index (χ4n) is 4.96. The second kappa shape index (κ2) is 14.2. The molecule has 2 atom stereocenters. The molecule has 1 aliphatic heterocycles. The van der Waals surface area contributed by atoms with Gasteiger partial charge in [-0.25, -0.2) is 13.1 Å². The zero-order valence-corrected chi connectivity index (χ0v) is 24.7. The summed E-state index contributed by atoms with van der Waals surface area (Å²) in [5.41, 5.74) is -0.390. The molecule has 0 saturated carbocycles. The summed E-state index contributed by atoms with van der Waals surface area (Å²) in [6, 6.07) is 4.80. The topological polar surface area (TPSA) is 75.1 Å². The normalized spacial score (nSPS) is 16.9. The summed E-state index contributed by atoms with van der Waals surface area (Å²) in [6.07, 6.45) is -0.645. The van der Waals surface area contributed by atoms with E-state index in [9.17, 15) is 26.7 Å². The molecular weight excluding hydrogens is 599 g/mol. The minimum Gasteiger partial charge on any atom is -0.324 e. The lowest BCUT2D eigenvalue weighted by Crippen LogP contribution is -2.48. The summed E-state index contributed by atoms with van der Waals surface area (Å²) in [4.78, 5) is 17.2. The van der Waals surface area contributed by atoms with E-state index in [2.05, 4.69) is 31.9 Å². The lowest BCUT2D eigenvalue weighted by Gasteiger charge is -2.35. The van der Waals surface area contributed by atoms with E-state index >= 15 is 0 Å². The number of benzene rings is 1. The molecular formula is C28H32ClF5N6OS. The van der Waals surface area contributed by atoms with Crippen LogP contribution in [0.4, 0.5) is 27.6 Å². The molecule has 1 fully saturated rings. The Hall–Kier alpha value is -2.74. The van der Waals surface area contributed by atoms with Gasteiger partial charge in [0.2, 0.25) is 5.91 Å². The highest BCUT2D eigenvalue weighted by Crippen LogP contribution is 2.35. The Morgan fingerprint density at radius 3 is 2.71 bits per heavy atom. The molecule has 0 aliphatic carbocycles. The molecule has 2 unspecified atom stereocenters. The van der Waals surface area contributed by atoms with E-state index in [1.165, 1.54) is 25.4 Å². The minimum absolute atomic E-state index is 0.0475. The Bertz CT molecular complexity index is 1390. The lowest BCUT2D eigenvalue weighted by atomic mass is 9.91. The van der Waals surface area contributed by atoms with Crippen molar-refractivity contribution in [1.29, 1.82) is 0 Å². The zero-order valence-electron chi connectivity index (χ0n) is 23.1. The van der Waals surface area contributed by atoms with Crippen molar-refractivity contribution >= 4 is 35.1 Å². The van der Waals surface area contributed by atoms with Crippen molar-refractivity contribution in [2.45, 2.75) is 50.7 Å². The van der Waals surface area contributed by atoms with Crippen molar-refractivity contribution in [3.05, 3.63) is 75.8 Å². The first-order chi connectivity index (χ1) is 20.0. The first-order valence-electron chi connectivity index (χ1n) is 13.6. The van der Waals surface area contributed by atoms with Crippen molar-refractivity contribution in [1.82, 2.24) is 24.4 Å². The second-order valence-corrected chi connectivity index (χ2v) is 11.6. The molecule has 1 amide bonds. The highest BCUT2D eigenvalue weighted by atomic mass is 35.5. The van der Waals surface area contributed by atoms with E-state index in [-0.39, 0.29) is 34.4 Å². The number of piperazine rings is 1. The number of hydrogen-bond donors (Lipinski definition) is 2. The Labute approximate surface area is 250 Å². The Morgan fingerprint density at radius 2 is 2.02 bits per heavy atom. The summed E-state index contributed by atoms with van der Waals surface area (Å²) in [6.45, 7) is 4.62. The number of halogens is 6. The van der Waals surface area contributed by atoms with Gasteiger partial charge >= 0.3 is 6.18 Å². The number of alkyl halides is 3. The van der Waals surface area contributed by atoms with Gasteiger partial charge in [-0.1, -0.05) is 36.5 Å².